The summed E-state index contributed by atoms with van der Waals surface area (Å²) in [6.07, 6.45) is 0.965. The van der Waals surface area contributed by atoms with Crippen LogP contribution in [0, 0.1) is 5.92 Å². The smallest absolute Gasteiger partial charge is 0.272 e. The van der Waals surface area contributed by atoms with E-state index in [1.807, 2.05) is 36.4 Å². The van der Waals surface area contributed by atoms with E-state index in [4.69, 9.17) is 0 Å². The van der Waals surface area contributed by atoms with E-state index in [9.17, 15) is 9.59 Å². The van der Waals surface area contributed by atoms with Gasteiger partial charge in [0.1, 0.15) is 5.82 Å². The van der Waals surface area contributed by atoms with E-state index in [0.29, 0.717) is 16.5 Å². The second-order valence-electron chi connectivity index (χ2n) is 7.29. The molecule has 0 saturated carbocycles. The summed E-state index contributed by atoms with van der Waals surface area (Å²) in [4.78, 5) is 32.8. The molecule has 0 aliphatic carbocycles. The number of benzene rings is 2. The molecule has 148 valence electrons. The van der Waals surface area contributed by atoms with Gasteiger partial charge in [0, 0.05) is 5.39 Å². The Labute approximate surface area is 167 Å². The zero-order valence-corrected chi connectivity index (χ0v) is 16.4. The van der Waals surface area contributed by atoms with Crippen LogP contribution >= 0.6 is 0 Å². The first-order valence-electron chi connectivity index (χ1n) is 9.77. The van der Waals surface area contributed by atoms with Crippen molar-refractivity contribution in [3.05, 3.63) is 70.4 Å². The van der Waals surface area contributed by atoms with Gasteiger partial charge in [-0.25, -0.2) is 10.1 Å². The number of carbonyl (C=O) groups is 1. The lowest BCUT2D eigenvalue weighted by atomic mass is 9.98. The molecule has 0 saturated heterocycles. The molecule has 4 aromatic rings. The van der Waals surface area contributed by atoms with Crippen molar-refractivity contribution in [3.63, 3.8) is 0 Å². The fourth-order valence-electron chi connectivity index (χ4n) is 3.52. The summed E-state index contributed by atoms with van der Waals surface area (Å²) in [5.41, 5.74) is 2.10. The third-order valence-corrected chi connectivity index (χ3v) is 5.33. The number of nitrogens with one attached hydrogen (secondary N) is 3. The summed E-state index contributed by atoms with van der Waals surface area (Å²) in [5, 5.41) is 10.9. The minimum atomic E-state index is -0.260. The van der Waals surface area contributed by atoms with Crippen molar-refractivity contribution in [1.82, 2.24) is 25.5 Å². The van der Waals surface area contributed by atoms with Crippen molar-refractivity contribution in [3.8, 4) is 0 Å². The quantitative estimate of drug-likeness (QED) is 0.471. The number of amides is 1. The number of nitrogens with zero attached hydrogens (tertiary/aromatic N) is 2. The molecule has 7 nitrogen and oxygen atoms in total. The van der Waals surface area contributed by atoms with E-state index < -0.39 is 0 Å². The number of hydrogen-bond donors (Lipinski definition) is 3. The lowest BCUT2D eigenvalue weighted by molar-refractivity contribution is -0.121. The zero-order chi connectivity index (χ0) is 20.4. The van der Waals surface area contributed by atoms with Crippen LogP contribution < -0.4 is 10.9 Å². The lowest BCUT2D eigenvalue weighted by Crippen LogP contribution is -2.34. The van der Waals surface area contributed by atoms with Gasteiger partial charge in [0.2, 0.25) is 5.91 Å². The van der Waals surface area contributed by atoms with Crippen LogP contribution in [0.25, 0.3) is 21.8 Å². The summed E-state index contributed by atoms with van der Waals surface area (Å²) < 4.78 is 0. The van der Waals surface area contributed by atoms with Crippen LogP contribution in [0.5, 0.6) is 0 Å². The maximum Gasteiger partial charge on any atom is 0.272 e. The van der Waals surface area contributed by atoms with Crippen LogP contribution in [0.1, 0.15) is 37.8 Å². The number of aromatic amines is 2. The van der Waals surface area contributed by atoms with E-state index in [0.717, 1.165) is 23.3 Å². The number of hydrogen-bond acceptors (Lipinski definition) is 4. The average molecular weight is 389 g/mol. The highest BCUT2D eigenvalue weighted by Gasteiger charge is 2.24. The van der Waals surface area contributed by atoms with E-state index in [1.54, 1.807) is 12.1 Å². The standard InChI is InChI=1S/C22H23N5O2/c1-3-13(2)20(21-23-16-10-6-7-11-17(16)24-21)25-19(28)12-18-14-8-4-5-9-15(14)22(29)27-26-18/h4-11,13,20H,3,12H2,1-2H3,(H,23,24)(H,25,28)(H,27,29)/t13-,20+/m0/s1. The topological polar surface area (TPSA) is 104 Å². The van der Waals surface area contributed by atoms with Crippen LogP contribution in [0.4, 0.5) is 0 Å². The van der Waals surface area contributed by atoms with Crippen molar-refractivity contribution < 1.29 is 4.79 Å². The normalized spacial score (nSPS) is 13.4. The molecule has 2 aromatic carbocycles. The molecule has 0 aliphatic rings. The Morgan fingerprint density at radius 1 is 1.10 bits per heavy atom. The molecule has 2 aromatic heterocycles. The molecule has 0 unspecified atom stereocenters. The highest BCUT2D eigenvalue weighted by Crippen LogP contribution is 2.25. The molecule has 1 amide bonds. The Balaban J connectivity index is 1.61. The summed E-state index contributed by atoms with van der Waals surface area (Å²) in [5.74, 6) is 0.772. The maximum absolute atomic E-state index is 12.9. The highest BCUT2D eigenvalue weighted by atomic mass is 16.1. The molecule has 0 spiro atoms. The second-order valence-corrected chi connectivity index (χ2v) is 7.29. The van der Waals surface area contributed by atoms with Crippen molar-refractivity contribution in [2.24, 2.45) is 5.92 Å². The molecular weight excluding hydrogens is 366 g/mol. The van der Waals surface area contributed by atoms with Gasteiger partial charge in [-0.05, 0) is 24.1 Å². The van der Waals surface area contributed by atoms with Crippen molar-refractivity contribution in [2.75, 3.05) is 0 Å². The Morgan fingerprint density at radius 2 is 1.83 bits per heavy atom. The SMILES string of the molecule is CC[C@H](C)[C@@H](NC(=O)Cc1n[nH]c(=O)c2ccccc12)c1nc2ccccc2[nH]1. The molecule has 4 rings (SSSR count). The summed E-state index contributed by atoms with van der Waals surface area (Å²) in [6.45, 7) is 4.18. The third kappa shape index (κ3) is 3.76. The molecule has 3 N–H and O–H groups in total. The Kier molecular flexibility index (Phi) is 5.12. The van der Waals surface area contributed by atoms with Crippen LogP contribution in [-0.2, 0) is 11.2 Å². The summed E-state index contributed by atoms with van der Waals surface area (Å²) in [7, 11) is 0. The molecular formula is C22H23N5O2. The second kappa shape index (κ2) is 7.87. The van der Waals surface area contributed by atoms with Crippen LogP contribution in [0.3, 0.4) is 0 Å². The van der Waals surface area contributed by atoms with Gasteiger partial charge < -0.3 is 10.3 Å². The summed E-state index contributed by atoms with van der Waals surface area (Å²) in [6, 6.07) is 14.7. The van der Waals surface area contributed by atoms with Gasteiger partial charge in [0.25, 0.3) is 5.56 Å². The van der Waals surface area contributed by atoms with E-state index in [1.165, 1.54) is 0 Å². The van der Waals surface area contributed by atoms with Crippen LogP contribution in [0.2, 0.25) is 0 Å². The molecule has 0 radical (unpaired) electrons. The van der Waals surface area contributed by atoms with E-state index in [2.05, 4.69) is 39.3 Å². The first-order chi connectivity index (χ1) is 14.1. The number of aromatic nitrogens is 4. The molecule has 2 atom stereocenters. The minimum absolute atomic E-state index is 0.0739. The average Bonchev–Trinajstić information content (AvgIpc) is 3.17. The van der Waals surface area contributed by atoms with Crippen LogP contribution in [-0.4, -0.2) is 26.1 Å². The molecule has 2 heterocycles. The summed E-state index contributed by atoms with van der Waals surface area (Å²) >= 11 is 0. The zero-order valence-electron chi connectivity index (χ0n) is 16.4. The fraction of sp³-hybridized carbons (Fsp3) is 0.273. The molecule has 0 aliphatic heterocycles. The van der Waals surface area contributed by atoms with Gasteiger partial charge in [-0.15, -0.1) is 0 Å². The fourth-order valence-corrected chi connectivity index (χ4v) is 3.52. The first kappa shape index (κ1) is 18.9. The largest absolute Gasteiger partial charge is 0.346 e. The molecule has 7 heteroatoms. The number of carbonyl (C=O) groups excluding carboxylic acids is 1. The number of para-hydroxylation sites is 2. The molecule has 0 bridgehead atoms. The molecule has 0 fully saturated rings. The highest BCUT2D eigenvalue weighted by molar-refractivity contribution is 5.88. The van der Waals surface area contributed by atoms with E-state index in [-0.39, 0.29) is 29.8 Å². The number of fused-ring (bicyclic) bond motifs is 2. The Morgan fingerprint density at radius 3 is 2.59 bits per heavy atom. The molecule has 29 heavy (non-hydrogen) atoms. The van der Waals surface area contributed by atoms with Crippen molar-refractivity contribution in [2.45, 2.75) is 32.7 Å². The number of rotatable bonds is 6. The first-order valence-corrected chi connectivity index (χ1v) is 9.77. The number of H-pyrrole nitrogens is 2. The van der Waals surface area contributed by atoms with Gasteiger partial charge in [0.05, 0.1) is 34.6 Å². The third-order valence-electron chi connectivity index (χ3n) is 5.33. The Bertz CT molecular complexity index is 1190. The van der Waals surface area contributed by atoms with Gasteiger partial charge in [-0.1, -0.05) is 50.6 Å². The predicted octanol–water partition coefficient (Wildman–Crippen LogP) is 3.25. The van der Waals surface area contributed by atoms with Crippen molar-refractivity contribution in [1.29, 1.82) is 0 Å². The maximum atomic E-state index is 12.9. The predicted molar refractivity (Wildman–Crippen MR) is 113 cm³/mol. The lowest BCUT2D eigenvalue weighted by Gasteiger charge is -2.22. The van der Waals surface area contributed by atoms with Crippen molar-refractivity contribution >= 4 is 27.7 Å². The number of imidazole rings is 1. The van der Waals surface area contributed by atoms with Gasteiger partial charge >= 0.3 is 0 Å². The Hall–Kier alpha value is -3.48. The monoisotopic (exact) mass is 389 g/mol. The van der Waals surface area contributed by atoms with Crippen LogP contribution in [0.15, 0.2) is 53.3 Å². The minimum Gasteiger partial charge on any atom is -0.346 e. The van der Waals surface area contributed by atoms with Gasteiger partial charge in [0.15, 0.2) is 0 Å². The van der Waals surface area contributed by atoms with E-state index >= 15 is 0 Å². The van der Waals surface area contributed by atoms with Gasteiger partial charge in [-0.2, -0.15) is 5.10 Å². The van der Waals surface area contributed by atoms with Gasteiger partial charge in [-0.3, -0.25) is 9.59 Å².